The molecule has 0 atom stereocenters. The van der Waals surface area contributed by atoms with E-state index < -0.39 is 19.0 Å². The number of alkyl halides is 4. The van der Waals surface area contributed by atoms with Gasteiger partial charge in [0.15, 0.2) is 0 Å². The topological polar surface area (TPSA) is 47.6 Å². The van der Waals surface area contributed by atoms with Crippen molar-refractivity contribution in [3.63, 3.8) is 0 Å². The molecule has 16 heavy (non-hydrogen) atoms. The van der Waals surface area contributed by atoms with E-state index in [2.05, 4.69) is 9.73 Å². The van der Waals surface area contributed by atoms with Crippen LogP contribution in [0.4, 0.5) is 17.6 Å². The minimum atomic E-state index is -4.14. The Labute approximate surface area is 91.7 Å². The molecule has 3 nitrogen and oxygen atoms in total. The number of nitrogens with zero attached hydrogens (tertiary/aromatic N) is 1. The summed E-state index contributed by atoms with van der Waals surface area (Å²) in [6, 6.07) is 0. The maximum atomic E-state index is 12.4. The van der Waals surface area contributed by atoms with E-state index in [0.29, 0.717) is 6.54 Å². The average Bonchev–Trinajstić information content (AvgIpc) is 2.14. The van der Waals surface area contributed by atoms with E-state index in [-0.39, 0.29) is 18.4 Å². The Morgan fingerprint density at radius 2 is 1.94 bits per heavy atom. The molecular weight excluding hydrogens is 228 g/mol. The first-order valence-electron chi connectivity index (χ1n) is 4.78. The molecule has 0 rings (SSSR count). The van der Waals surface area contributed by atoms with Crippen LogP contribution in [-0.2, 0) is 4.74 Å². The van der Waals surface area contributed by atoms with Crippen molar-refractivity contribution in [3.8, 4) is 0 Å². The number of amidine groups is 1. The van der Waals surface area contributed by atoms with Crippen LogP contribution < -0.4 is 5.73 Å². The largest absolute Gasteiger partial charge is 0.386 e. The van der Waals surface area contributed by atoms with E-state index >= 15 is 0 Å². The minimum Gasteiger partial charge on any atom is -0.386 e. The predicted molar refractivity (Wildman–Crippen MR) is 53.1 cm³/mol. The summed E-state index contributed by atoms with van der Waals surface area (Å²) in [7, 11) is 0. The summed E-state index contributed by atoms with van der Waals surface area (Å²) >= 11 is 0. The maximum Gasteiger partial charge on any atom is 0.330 e. The number of ether oxygens (including phenoxy) is 1. The second-order valence-electron chi connectivity index (χ2n) is 3.78. The van der Waals surface area contributed by atoms with Crippen molar-refractivity contribution in [1.82, 2.24) is 0 Å². The predicted octanol–water partition coefficient (Wildman–Crippen LogP) is 1.92. The fourth-order valence-electron chi connectivity index (χ4n) is 0.700. The zero-order valence-electron chi connectivity index (χ0n) is 9.22. The Morgan fingerprint density at radius 1 is 1.38 bits per heavy atom. The normalized spacial score (nSPS) is 13.9. The summed E-state index contributed by atoms with van der Waals surface area (Å²) in [5.41, 5.74) is 5.32. The van der Waals surface area contributed by atoms with Crippen LogP contribution >= 0.6 is 0 Å². The number of aliphatic imine (C=N–C) groups is 1. The fraction of sp³-hybridized carbons (Fsp3) is 0.889. The van der Waals surface area contributed by atoms with Crippen LogP contribution in [0.1, 0.15) is 13.8 Å². The second-order valence-corrected chi connectivity index (χ2v) is 3.78. The van der Waals surface area contributed by atoms with Crippen molar-refractivity contribution in [3.05, 3.63) is 0 Å². The second kappa shape index (κ2) is 6.67. The number of hydrogen-bond donors (Lipinski definition) is 1. The van der Waals surface area contributed by atoms with Crippen LogP contribution in [0.3, 0.4) is 0 Å². The molecule has 0 radical (unpaired) electrons. The van der Waals surface area contributed by atoms with Gasteiger partial charge in [0, 0.05) is 6.54 Å². The summed E-state index contributed by atoms with van der Waals surface area (Å²) < 4.78 is 52.5. The lowest BCUT2D eigenvalue weighted by atomic mass is 10.2. The SMILES string of the molecule is CC(C)CN=C(N)COCC(F)(F)C(F)F. The lowest BCUT2D eigenvalue weighted by Gasteiger charge is -2.14. The van der Waals surface area contributed by atoms with Crippen LogP contribution in [0.25, 0.3) is 0 Å². The van der Waals surface area contributed by atoms with Crippen LogP contribution in [-0.4, -0.2) is 37.9 Å². The van der Waals surface area contributed by atoms with Crippen molar-refractivity contribution in [2.45, 2.75) is 26.2 Å². The van der Waals surface area contributed by atoms with Gasteiger partial charge in [0.1, 0.15) is 19.0 Å². The molecule has 0 spiro atoms. The first-order valence-corrected chi connectivity index (χ1v) is 4.78. The van der Waals surface area contributed by atoms with Gasteiger partial charge in [-0.2, -0.15) is 8.78 Å². The smallest absolute Gasteiger partial charge is 0.330 e. The van der Waals surface area contributed by atoms with Crippen molar-refractivity contribution in [2.75, 3.05) is 19.8 Å². The summed E-state index contributed by atoms with van der Waals surface area (Å²) in [6.45, 7) is 2.53. The molecule has 7 heteroatoms. The van der Waals surface area contributed by atoms with Gasteiger partial charge in [-0.25, -0.2) is 8.78 Å². The summed E-state index contributed by atoms with van der Waals surface area (Å²) in [4.78, 5) is 3.83. The van der Waals surface area contributed by atoms with Crippen molar-refractivity contribution in [1.29, 1.82) is 0 Å². The highest BCUT2D eigenvalue weighted by Crippen LogP contribution is 2.22. The number of rotatable bonds is 7. The van der Waals surface area contributed by atoms with Gasteiger partial charge in [-0.1, -0.05) is 13.8 Å². The van der Waals surface area contributed by atoms with Gasteiger partial charge in [-0.15, -0.1) is 0 Å². The van der Waals surface area contributed by atoms with E-state index in [1.54, 1.807) is 0 Å². The fourth-order valence-corrected chi connectivity index (χ4v) is 0.700. The molecule has 0 aliphatic heterocycles. The van der Waals surface area contributed by atoms with Gasteiger partial charge in [0.05, 0.1) is 0 Å². The highest BCUT2D eigenvalue weighted by Gasteiger charge is 2.40. The summed E-state index contributed by atoms with van der Waals surface area (Å²) in [5.74, 6) is -3.84. The van der Waals surface area contributed by atoms with E-state index in [1.165, 1.54) is 0 Å². The van der Waals surface area contributed by atoms with Crippen LogP contribution in [0.15, 0.2) is 4.99 Å². The lowest BCUT2D eigenvalue weighted by molar-refractivity contribution is -0.162. The van der Waals surface area contributed by atoms with E-state index in [9.17, 15) is 17.6 Å². The third kappa shape index (κ3) is 6.60. The van der Waals surface area contributed by atoms with E-state index in [0.717, 1.165) is 0 Å². The first kappa shape index (κ1) is 15.2. The van der Waals surface area contributed by atoms with Crippen LogP contribution in [0.5, 0.6) is 0 Å². The standard InChI is InChI=1S/C9H16F4N2O/c1-6(2)3-15-7(14)4-16-5-9(12,13)8(10)11/h6,8H,3-5H2,1-2H3,(H2,14,15). The highest BCUT2D eigenvalue weighted by atomic mass is 19.3. The molecular formula is C9H16F4N2O. The monoisotopic (exact) mass is 244 g/mol. The molecule has 0 saturated heterocycles. The number of halogens is 4. The minimum absolute atomic E-state index is 0.0266. The first-order chi connectivity index (χ1) is 7.25. The number of nitrogens with two attached hydrogens (primary N) is 1. The van der Waals surface area contributed by atoms with Gasteiger partial charge in [0.25, 0.3) is 0 Å². The molecule has 0 aromatic rings. The Balaban J connectivity index is 3.86. The summed E-state index contributed by atoms with van der Waals surface area (Å²) in [6.07, 6.45) is -3.73. The van der Waals surface area contributed by atoms with Gasteiger partial charge in [-0.3, -0.25) is 4.99 Å². The molecule has 0 heterocycles. The molecule has 0 aromatic heterocycles. The lowest BCUT2D eigenvalue weighted by Crippen LogP contribution is -2.34. The zero-order valence-corrected chi connectivity index (χ0v) is 9.22. The van der Waals surface area contributed by atoms with Crippen molar-refractivity contribution < 1.29 is 22.3 Å². The highest BCUT2D eigenvalue weighted by molar-refractivity contribution is 5.81. The Kier molecular flexibility index (Phi) is 6.32. The Hall–Kier alpha value is -0.850. The maximum absolute atomic E-state index is 12.4. The van der Waals surface area contributed by atoms with Gasteiger partial charge in [0.2, 0.25) is 0 Å². The molecule has 0 amide bonds. The third-order valence-electron chi connectivity index (χ3n) is 1.52. The third-order valence-corrected chi connectivity index (χ3v) is 1.52. The van der Waals surface area contributed by atoms with Crippen LogP contribution in [0.2, 0.25) is 0 Å². The van der Waals surface area contributed by atoms with Gasteiger partial charge in [-0.05, 0) is 5.92 Å². The van der Waals surface area contributed by atoms with Gasteiger partial charge < -0.3 is 10.5 Å². The molecule has 0 saturated carbocycles. The molecule has 0 aliphatic carbocycles. The molecule has 0 aromatic carbocycles. The van der Waals surface area contributed by atoms with Gasteiger partial charge >= 0.3 is 12.3 Å². The Morgan fingerprint density at radius 3 is 2.38 bits per heavy atom. The van der Waals surface area contributed by atoms with Crippen LogP contribution in [0, 0.1) is 5.92 Å². The van der Waals surface area contributed by atoms with E-state index in [4.69, 9.17) is 5.73 Å². The molecule has 0 bridgehead atoms. The average molecular weight is 244 g/mol. The zero-order chi connectivity index (χ0) is 12.8. The number of hydrogen-bond acceptors (Lipinski definition) is 2. The van der Waals surface area contributed by atoms with E-state index in [1.807, 2.05) is 13.8 Å². The molecule has 2 N–H and O–H groups in total. The molecule has 0 fully saturated rings. The Bertz CT molecular complexity index is 232. The molecule has 0 aliphatic rings. The van der Waals surface area contributed by atoms with Crippen molar-refractivity contribution in [2.24, 2.45) is 16.6 Å². The summed E-state index contributed by atoms with van der Waals surface area (Å²) in [5, 5.41) is 0. The van der Waals surface area contributed by atoms with Crippen molar-refractivity contribution >= 4 is 5.84 Å². The molecule has 0 unspecified atom stereocenters. The quantitative estimate of drug-likeness (QED) is 0.422. The molecule has 96 valence electrons.